The second-order valence-electron chi connectivity index (χ2n) is 7.49. The zero-order valence-corrected chi connectivity index (χ0v) is 16.8. The van der Waals surface area contributed by atoms with Gasteiger partial charge in [-0.1, -0.05) is 50.2 Å². The van der Waals surface area contributed by atoms with Gasteiger partial charge in [-0.05, 0) is 30.2 Å². The summed E-state index contributed by atoms with van der Waals surface area (Å²) in [6.45, 7) is 7.47. The van der Waals surface area contributed by atoms with Gasteiger partial charge in [0.25, 0.3) is 0 Å². The van der Waals surface area contributed by atoms with E-state index in [0.717, 1.165) is 22.6 Å². The molecule has 3 N–H and O–H groups in total. The van der Waals surface area contributed by atoms with E-state index in [1.807, 2.05) is 48.5 Å². The molecule has 0 aromatic heterocycles. The van der Waals surface area contributed by atoms with Crippen LogP contribution >= 0.6 is 12.4 Å². The Hall–Kier alpha value is -2.24. The summed E-state index contributed by atoms with van der Waals surface area (Å²) in [7, 11) is 0. The molecule has 0 fully saturated rings. The number of rotatable bonds is 5. The Labute approximate surface area is 166 Å². The fourth-order valence-electron chi connectivity index (χ4n) is 2.97. The van der Waals surface area contributed by atoms with Gasteiger partial charge in [0, 0.05) is 12.0 Å². The van der Waals surface area contributed by atoms with E-state index in [1.165, 1.54) is 0 Å². The SMILES string of the molecule is CC(C)(CNC(=O)C(C)(N)c1ccccc1)c1ccc2c(c1)OCCO2.Cl. The summed E-state index contributed by atoms with van der Waals surface area (Å²) in [4.78, 5) is 12.7. The molecule has 1 amide bonds. The van der Waals surface area contributed by atoms with E-state index in [-0.39, 0.29) is 23.7 Å². The number of carbonyl (C=O) groups is 1. The Morgan fingerprint density at radius 2 is 1.63 bits per heavy atom. The third-order valence-electron chi connectivity index (χ3n) is 4.86. The van der Waals surface area contributed by atoms with Gasteiger partial charge in [-0.25, -0.2) is 0 Å². The van der Waals surface area contributed by atoms with Crippen molar-refractivity contribution < 1.29 is 14.3 Å². The number of carbonyl (C=O) groups excluding carboxylic acids is 1. The van der Waals surface area contributed by atoms with E-state index in [9.17, 15) is 4.79 Å². The molecule has 0 bridgehead atoms. The summed E-state index contributed by atoms with van der Waals surface area (Å²) in [6.07, 6.45) is 0. The minimum atomic E-state index is -1.08. The van der Waals surface area contributed by atoms with Crippen molar-refractivity contribution in [3.8, 4) is 11.5 Å². The maximum Gasteiger partial charge on any atom is 0.244 e. The first-order chi connectivity index (χ1) is 12.3. The Bertz CT molecular complexity index is 791. The lowest BCUT2D eigenvalue weighted by Crippen LogP contribution is -2.51. The Balaban J connectivity index is 0.00000261. The molecule has 1 aliphatic rings. The van der Waals surface area contributed by atoms with Gasteiger partial charge >= 0.3 is 0 Å². The Morgan fingerprint density at radius 3 is 2.30 bits per heavy atom. The van der Waals surface area contributed by atoms with Crippen molar-refractivity contribution in [2.45, 2.75) is 31.7 Å². The first-order valence-corrected chi connectivity index (χ1v) is 8.83. The second kappa shape index (κ2) is 8.19. The maximum absolute atomic E-state index is 12.7. The van der Waals surface area contributed by atoms with Crippen LogP contribution in [0.1, 0.15) is 31.9 Å². The molecule has 6 heteroatoms. The van der Waals surface area contributed by atoms with Crippen molar-refractivity contribution >= 4 is 18.3 Å². The zero-order chi connectivity index (χ0) is 18.8. The minimum Gasteiger partial charge on any atom is -0.486 e. The van der Waals surface area contributed by atoms with Crippen molar-refractivity contribution in [2.24, 2.45) is 5.73 Å². The fourth-order valence-corrected chi connectivity index (χ4v) is 2.97. The van der Waals surface area contributed by atoms with Crippen LogP contribution in [0.4, 0.5) is 0 Å². The molecule has 2 aromatic carbocycles. The maximum atomic E-state index is 12.7. The van der Waals surface area contributed by atoms with E-state index in [1.54, 1.807) is 6.92 Å². The van der Waals surface area contributed by atoms with Gasteiger partial charge in [0.1, 0.15) is 18.8 Å². The number of benzene rings is 2. The van der Waals surface area contributed by atoms with Crippen LogP contribution < -0.4 is 20.5 Å². The minimum absolute atomic E-state index is 0. The molecule has 3 rings (SSSR count). The van der Waals surface area contributed by atoms with Crippen molar-refractivity contribution in [1.29, 1.82) is 0 Å². The summed E-state index contributed by atoms with van der Waals surface area (Å²) in [5, 5.41) is 3.00. The number of halogens is 1. The smallest absolute Gasteiger partial charge is 0.244 e. The lowest BCUT2D eigenvalue weighted by molar-refractivity contribution is -0.126. The molecule has 0 aliphatic carbocycles. The largest absolute Gasteiger partial charge is 0.486 e. The summed E-state index contributed by atoms with van der Waals surface area (Å²) in [6, 6.07) is 15.3. The first kappa shape index (κ1) is 21.1. The van der Waals surface area contributed by atoms with Crippen LogP contribution in [0.15, 0.2) is 48.5 Å². The number of nitrogens with one attached hydrogen (secondary N) is 1. The molecule has 5 nitrogen and oxygen atoms in total. The molecule has 2 aromatic rings. The summed E-state index contributed by atoms with van der Waals surface area (Å²) in [5.41, 5.74) is 6.79. The second-order valence-corrected chi connectivity index (χ2v) is 7.49. The van der Waals surface area contributed by atoms with Crippen LogP contribution in [-0.4, -0.2) is 25.7 Å². The van der Waals surface area contributed by atoms with Crippen LogP contribution in [0.5, 0.6) is 11.5 Å². The third kappa shape index (κ3) is 4.54. The van der Waals surface area contributed by atoms with E-state index in [0.29, 0.717) is 19.8 Å². The molecule has 1 unspecified atom stereocenters. The van der Waals surface area contributed by atoms with E-state index in [2.05, 4.69) is 19.2 Å². The number of hydrogen-bond acceptors (Lipinski definition) is 4. The van der Waals surface area contributed by atoms with Crippen LogP contribution in [0, 0.1) is 0 Å². The highest BCUT2D eigenvalue weighted by Crippen LogP contribution is 2.35. The van der Waals surface area contributed by atoms with E-state index in [4.69, 9.17) is 15.2 Å². The molecule has 1 aliphatic heterocycles. The molecule has 0 saturated heterocycles. The lowest BCUT2D eigenvalue weighted by atomic mass is 9.83. The molecule has 0 spiro atoms. The average Bonchev–Trinajstić information content (AvgIpc) is 2.66. The van der Waals surface area contributed by atoms with Gasteiger partial charge in [0.2, 0.25) is 5.91 Å². The number of ether oxygens (including phenoxy) is 2. The van der Waals surface area contributed by atoms with Crippen LogP contribution in [0.2, 0.25) is 0 Å². The monoisotopic (exact) mass is 390 g/mol. The molecule has 27 heavy (non-hydrogen) atoms. The summed E-state index contributed by atoms with van der Waals surface area (Å²) >= 11 is 0. The van der Waals surface area contributed by atoms with Gasteiger partial charge in [-0.15, -0.1) is 12.4 Å². The van der Waals surface area contributed by atoms with E-state index >= 15 is 0 Å². The molecule has 0 radical (unpaired) electrons. The molecule has 0 saturated carbocycles. The highest BCUT2D eigenvalue weighted by Gasteiger charge is 2.32. The van der Waals surface area contributed by atoms with Crippen LogP contribution in [-0.2, 0) is 15.7 Å². The first-order valence-electron chi connectivity index (χ1n) is 8.83. The molecule has 1 atom stereocenters. The van der Waals surface area contributed by atoms with Gasteiger partial charge in [0.15, 0.2) is 11.5 Å². The van der Waals surface area contributed by atoms with Crippen molar-refractivity contribution in [1.82, 2.24) is 5.32 Å². The zero-order valence-electron chi connectivity index (χ0n) is 16.0. The van der Waals surface area contributed by atoms with E-state index < -0.39 is 5.54 Å². The highest BCUT2D eigenvalue weighted by atomic mass is 35.5. The molecular formula is C21H27ClN2O3. The number of nitrogens with two attached hydrogens (primary N) is 1. The number of hydrogen-bond donors (Lipinski definition) is 2. The normalized spacial score (nSPS) is 15.3. The highest BCUT2D eigenvalue weighted by molar-refractivity contribution is 5.87. The fraction of sp³-hybridized carbons (Fsp3) is 0.381. The lowest BCUT2D eigenvalue weighted by Gasteiger charge is -2.30. The van der Waals surface area contributed by atoms with Crippen molar-refractivity contribution in [2.75, 3.05) is 19.8 Å². The summed E-state index contributed by atoms with van der Waals surface area (Å²) in [5.74, 6) is 1.31. The molecule has 146 valence electrons. The van der Waals surface area contributed by atoms with Crippen LogP contribution in [0.3, 0.4) is 0 Å². The van der Waals surface area contributed by atoms with Crippen molar-refractivity contribution in [3.63, 3.8) is 0 Å². The van der Waals surface area contributed by atoms with Gasteiger partial charge in [-0.2, -0.15) is 0 Å². The molecular weight excluding hydrogens is 364 g/mol. The standard InChI is InChI=1S/C21H26N2O3.ClH/c1-20(2,16-9-10-17-18(13-16)26-12-11-25-17)14-23-19(24)21(3,22)15-7-5-4-6-8-15;/h4-10,13H,11-12,14,22H2,1-3H3,(H,23,24);1H. The Morgan fingerprint density at radius 1 is 1.00 bits per heavy atom. The predicted molar refractivity (Wildman–Crippen MR) is 109 cm³/mol. The van der Waals surface area contributed by atoms with Gasteiger partial charge in [0.05, 0.1) is 0 Å². The van der Waals surface area contributed by atoms with Gasteiger partial charge in [-0.3, -0.25) is 4.79 Å². The van der Waals surface area contributed by atoms with Crippen molar-refractivity contribution in [3.05, 3.63) is 59.7 Å². The Kier molecular flexibility index (Phi) is 6.39. The van der Waals surface area contributed by atoms with Crippen LogP contribution in [0.25, 0.3) is 0 Å². The average molecular weight is 391 g/mol. The van der Waals surface area contributed by atoms with Gasteiger partial charge < -0.3 is 20.5 Å². The number of amides is 1. The topological polar surface area (TPSA) is 73.6 Å². The quantitative estimate of drug-likeness (QED) is 0.822. The third-order valence-corrected chi connectivity index (χ3v) is 4.86. The predicted octanol–water partition coefficient (Wildman–Crippen LogP) is 3.15. The molecule has 1 heterocycles. The summed E-state index contributed by atoms with van der Waals surface area (Å²) < 4.78 is 11.2. The number of fused-ring (bicyclic) bond motifs is 1.